The summed E-state index contributed by atoms with van der Waals surface area (Å²) in [5.74, 6) is 0.378. The average molecular weight is 394 g/mol. The van der Waals surface area contributed by atoms with E-state index in [4.69, 9.17) is 0 Å². The maximum atomic E-state index is 12.2. The molecule has 27 heavy (non-hydrogen) atoms. The Balaban J connectivity index is 1.55. The summed E-state index contributed by atoms with van der Waals surface area (Å²) in [5, 5.41) is 2.92. The van der Waals surface area contributed by atoms with Crippen molar-refractivity contribution in [2.45, 2.75) is 31.6 Å². The van der Waals surface area contributed by atoms with Crippen LogP contribution in [0.15, 0.2) is 18.3 Å². The van der Waals surface area contributed by atoms with E-state index in [0.29, 0.717) is 24.6 Å². The van der Waals surface area contributed by atoms with Gasteiger partial charge in [-0.25, -0.2) is 13.1 Å². The first kappa shape index (κ1) is 19.8. The first-order valence-corrected chi connectivity index (χ1v) is 11.2. The molecule has 0 aromatic carbocycles. The lowest BCUT2D eigenvalue weighted by atomic mass is 9.94. The number of aromatic nitrogens is 1. The van der Waals surface area contributed by atoms with Crippen LogP contribution in [0.1, 0.15) is 47.7 Å². The van der Waals surface area contributed by atoms with E-state index in [2.05, 4.69) is 15.0 Å². The van der Waals surface area contributed by atoms with Gasteiger partial charge in [-0.1, -0.05) is 0 Å². The van der Waals surface area contributed by atoms with Crippen LogP contribution < -0.4 is 10.0 Å². The second kappa shape index (κ2) is 8.35. The molecule has 1 aliphatic carbocycles. The largest absolute Gasteiger partial charge is 0.352 e. The summed E-state index contributed by atoms with van der Waals surface area (Å²) in [6, 6.07) is 3.62. The highest BCUT2D eigenvalue weighted by molar-refractivity contribution is 7.88. The van der Waals surface area contributed by atoms with Gasteiger partial charge in [-0.2, -0.15) is 0 Å². The van der Waals surface area contributed by atoms with Gasteiger partial charge < -0.3 is 10.2 Å². The van der Waals surface area contributed by atoms with Gasteiger partial charge in [-0.05, 0) is 43.7 Å². The first-order valence-electron chi connectivity index (χ1n) is 9.28. The van der Waals surface area contributed by atoms with Gasteiger partial charge in [0.1, 0.15) is 0 Å². The molecule has 0 bridgehead atoms. The number of rotatable bonds is 7. The number of nitrogens with one attached hydrogen (secondary N) is 2. The third-order valence-corrected chi connectivity index (χ3v) is 5.64. The fourth-order valence-electron chi connectivity index (χ4n) is 3.19. The Bertz CT molecular complexity index is 790. The van der Waals surface area contributed by atoms with E-state index in [1.165, 1.54) is 12.8 Å². The molecule has 9 heteroatoms. The molecule has 8 nitrogen and oxygen atoms in total. The second-order valence-corrected chi connectivity index (χ2v) is 9.23. The van der Waals surface area contributed by atoms with Crippen LogP contribution in [0.2, 0.25) is 0 Å². The third kappa shape index (κ3) is 6.00. The monoisotopic (exact) mass is 394 g/mol. The highest BCUT2D eigenvalue weighted by atomic mass is 32.2. The quantitative estimate of drug-likeness (QED) is 0.699. The molecule has 2 aliphatic rings. The lowest BCUT2D eigenvalue weighted by Gasteiger charge is -2.32. The Kier molecular flexibility index (Phi) is 6.11. The maximum Gasteiger partial charge on any atom is 0.252 e. The third-order valence-electron chi connectivity index (χ3n) is 4.97. The van der Waals surface area contributed by atoms with Crippen LogP contribution >= 0.6 is 0 Å². The van der Waals surface area contributed by atoms with Crippen LogP contribution in [-0.2, 0) is 14.8 Å². The Labute approximate surface area is 159 Å². The van der Waals surface area contributed by atoms with Gasteiger partial charge in [-0.3, -0.25) is 14.6 Å². The van der Waals surface area contributed by atoms with Gasteiger partial charge in [0, 0.05) is 37.4 Å². The number of pyridine rings is 1. The minimum absolute atomic E-state index is 0.0875. The number of hydrogen-bond donors (Lipinski definition) is 2. The average Bonchev–Trinajstić information content (AvgIpc) is 3.48. The molecule has 1 atom stereocenters. The molecule has 1 aromatic rings. The lowest BCUT2D eigenvalue weighted by molar-refractivity contribution is -0.131. The minimum atomic E-state index is -3.39. The number of carbonyl (C=O) groups excluding carboxylic acids is 2. The van der Waals surface area contributed by atoms with Crippen molar-refractivity contribution in [3.63, 3.8) is 0 Å². The molecule has 1 saturated carbocycles. The summed E-state index contributed by atoms with van der Waals surface area (Å²) in [6.07, 6.45) is 6.74. The maximum absolute atomic E-state index is 12.2. The zero-order valence-electron chi connectivity index (χ0n) is 15.5. The topological polar surface area (TPSA) is 108 Å². The molecule has 1 aromatic heterocycles. The van der Waals surface area contributed by atoms with E-state index in [9.17, 15) is 18.0 Å². The van der Waals surface area contributed by atoms with Crippen molar-refractivity contribution >= 4 is 21.8 Å². The zero-order valence-corrected chi connectivity index (χ0v) is 16.3. The fourth-order valence-corrected chi connectivity index (χ4v) is 3.58. The summed E-state index contributed by atoms with van der Waals surface area (Å²) >= 11 is 0. The molecule has 0 spiro atoms. The van der Waals surface area contributed by atoms with Crippen molar-refractivity contribution < 1.29 is 18.0 Å². The van der Waals surface area contributed by atoms with Crippen molar-refractivity contribution in [3.8, 4) is 0 Å². The van der Waals surface area contributed by atoms with E-state index in [1.54, 1.807) is 17.2 Å². The number of likely N-dealkylation sites (tertiary alicyclic amines) is 1. The molecule has 2 amide bonds. The van der Waals surface area contributed by atoms with Crippen molar-refractivity contribution in [1.29, 1.82) is 0 Å². The first-order chi connectivity index (χ1) is 12.8. The molecule has 1 unspecified atom stereocenters. The molecule has 1 saturated heterocycles. The van der Waals surface area contributed by atoms with Gasteiger partial charge >= 0.3 is 0 Å². The van der Waals surface area contributed by atoms with E-state index in [1.807, 2.05) is 6.07 Å². The normalized spacial score (nSPS) is 20.3. The summed E-state index contributed by atoms with van der Waals surface area (Å²) in [6.45, 7) is 1.62. The number of amides is 2. The molecule has 2 N–H and O–H groups in total. The summed E-state index contributed by atoms with van der Waals surface area (Å²) in [5.41, 5.74) is 1.39. The van der Waals surface area contributed by atoms with E-state index >= 15 is 0 Å². The Morgan fingerprint density at radius 1 is 1.26 bits per heavy atom. The van der Waals surface area contributed by atoms with Crippen molar-refractivity contribution in [3.05, 3.63) is 29.6 Å². The number of sulfonamides is 1. The number of piperidine rings is 1. The van der Waals surface area contributed by atoms with Crippen LogP contribution in [-0.4, -0.2) is 62.6 Å². The van der Waals surface area contributed by atoms with Gasteiger partial charge in [-0.15, -0.1) is 0 Å². The summed E-state index contributed by atoms with van der Waals surface area (Å²) in [4.78, 5) is 30.4. The number of carbonyl (C=O) groups is 2. The minimum Gasteiger partial charge on any atom is -0.352 e. The smallest absolute Gasteiger partial charge is 0.252 e. The van der Waals surface area contributed by atoms with Crippen molar-refractivity contribution in [2.24, 2.45) is 5.92 Å². The summed E-state index contributed by atoms with van der Waals surface area (Å²) < 4.78 is 24.5. The predicted octanol–water partition coefficient (Wildman–Crippen LogP) is 0.477. The highest BCUT2D eigenvalue weighted by Crippen LogP contribution is 2.28. The van der Waals surface area contributed by atoms with Crippen LogP contribution in [0.25, 0.3) is 0 Å². The van der Waals surface area contributed by atoms with Gasteiger partial charge in [0.25, 0.3) is 5.91 Å². The number of hydrogen-bond acceptors (Lipinski definition) is 5. The van der Waals surface area contributed by atoms with Crippen LogP contribution in [0.5, 0.6) is 0 Å². The Hall–Kier alpha value is -2.00. The van der Waals surface area contributed by atoms with Crippen molar-refractivity contribution in [1.82, 2.24) is 19.9 Å². The SMILES string of the molecule is CS(=O)(=O)NCC(=O)N1CCCC(c2ccc(C(=O)NCC3CC3)cn2)C1. The van der Waals surface area contributed by atoms with E-state index in [-0.39, 0.29) is 24.3 Å². The Morgan fingerprint density at radius 3 is 2.67 bits per heavy atom. The van der Waals surface area contributed by atoms with Gasteiger partial charge in [0.05, 0.1) is 18.4 Å². The van der Waals surface area contributed by atoms with E-state index < -0.39 is 10.0 Å². The second-order valence-electron chi connectivity index (χ2n) is 7.40. The standard InChI is InChI=1S/C18H26N4O4S/c1-27(25,26)21-11-17(23)22-8-2-3-15(12-22)16-7-6-14(10-19-16)18(24)20-9-13-4-5-13/h6-7,10,13,15,21H,2-5,8-9,11-12H2,1H3,(H,20,24). The van der Waals surface area contributed by atoms with Gasteiger partial charge in [0.2, 0.25) is 15.9 Å². The molecule has 2 heterocycles. The van der Waals surface area contributed by atoms with Crippen LogP contribution in [0.3, 0.4) is 0 Å². The molecule has 2 fully saturated rings. The summed E-state index contributed by atoms with van der Waals surface area (Å²) in [7, 11) is -3.39. The fraction of sp³-hybridized carbons (Fsp3) is 0.611. The Morgan fingerprint density at radius 2 is 2.04 bits per heavy atom. The van der Waals surface area contributed by atoms with Gasteiger partial charge in [0.15, 0.2) is 0 Å². The molecule has 0 radical (unpaired) electrons. The van der Waals surface area contributed by atoms with E-state index in [0.717, 1.165) is 31.3 Å². The molecular formula is C18H26N4O4S. The molecule has 1 aliphatic heterocycles. The van der Waals surface area contributed by atoms with Crippen molar-refractivity contribution in [2.75, 3.05) is 32.4 Å². The molecular weight excluding hydrogens is 368 g/mol. The zero-order chi connectivity index (χ0) is 19.4. The highest BCUT2D eigenvalue weighted by Gasteiger charge is 2.26. The van der Waals surface area contributed by atoms with Crippen LogP contribution in [0, 0.1) is 5.92 Å². The molecule has 148 valence electrons. The molecule has 3 rings (SSSR count). The predicted molar refractivity (Wildman–Crippen MR) is 101 cm³/mol. The lowest BCUT2D eigenvalue weighted by Crippen LogP contribution is -2.44. The van der Waals surface area contributed by atoms with Crippen LogP contribution in [0.4, 0.5) is 0 Å². The number of nitrogens with zero attached hydrogens (tertiary/aromatic N) is 2.